The molecule has 0 amide bonds. The van der Waals surface area contributed by atoms with Gasteiger partial charge >= 0.3 is 17.9 Å². The van der Waals surface area contributed by atoms with Crippen molar-refractivity contribution < 1.29 is 43.9 Å². The van der Waals surface area contributed by atoms with Crippen molar-refractivity contribution in [3.63, 3.8) is 0 Å². The Morgan fingerprint density at radius 3 is 0.882 bits per heavy atom. The van der Waals surface area contributed by atoms with Gasteiger partial charge in [0.15, 0.2) is 0 Å². The SMILES string of the molecule is CCCCCCCCCCCCCOC(=O)CCN(CCCN(CCO)CCO)CCC(=O)OCCCCCCCCCCCCC.CCCCCCCCCCCCCOC(=O)CCNCCCN(CCC)CCO. The summed E-state index contributed by atoms with van der Waals surface area (Å²) in [5.41, 5.74) is 0. The minimum atomic E-state index is -0.177. The van der Waals surface area contributed by atoms with E-state index in [1.165, 1.54) is 180 Å². The Hall–Kier alpha value is -1.87. The van der Waals surface area contributed by atoms with Crippen LogP contribution in [0.1, 0.15) is 278 Å². The van der Waals surface area contributed by atoms with Crippen LogP contribution in [0.3, 0.4) is 0 Å². The molecule has 0 aromatic heterocycles. The largest absolute Gasteiger partial charge is 0.466 e. The first-order chi connectivity index (χ1) is 37.3. The predicted octanol–water partition coefficient (Wildman–Crippen LogP) is 13.4. The van der Waals surface area contributed by atoms with E-state index >= 15 is 0 Å². The lowest BCUT2D eigenvalue weighted by Gasteiger charge is -2.24. The van der Waals surface area contributed by atoms with Gasteiger partial charge in [0.2, 0.25) is 0 Å². The van der Waals surface area contributed by atoms with Gasteiger partial charge in [0, 0.05) is 39.3 Å². The van der Waals surface area contributed by atoms with Crippen LogP contribution in [0.2, 0.25) is 0 Å². The number of rotatable bonds is 61. The number of ether oxygens (including phenoxy) is 3. The molecule has 0 aromatic carbocycles. The number of esters is 3. The molecule has 76 heavy (non-hydrogen) atoms. The average Bonchev–Trinajstić information content (AvgIpc) is 3.41. The van der Waals surface area contributed by atoms with Crippen molar-refractivity contribution >= 4 is 17.9 Å². The fraction of sp³-hybridized carbons (Fsp3) is 0.952. The van der Waals surface area contributed by atoms with Gasteiger partial charge in [0.1, 0.15) is 0 Å². The highest BCUT2D eigenvalue weighted by Crippen LogP contribution is 2.14. The Morgan fingerprint density at radius 2 is 0.566 bits per heavy atom. The molecule has 0 fully saturated rings. The number of aliphatic hydroxyl groups is 3. The summed E-state index contributed by atoms with van der Waals surface area (Å²) in [6.45, 7) is 18.8. The van der Waals surface area contributed by atoms with Gasteiger partial charge in [-0.2, -0.15) is 0 Å². The van der Waals surface area contributed by atoms with Crippen molar-refractivity contribution in [2.75, 3.05) is 112 Å². The number of aliphatic hydroxyl groups excluding tert-OH is 3. The molecule has 0 aliphatic rings. The fourth-order valence-electron chi connectivity index (χ4n) is 9.58. The minimum absolute atomic E-state index is 0.0552. The number of nitrogens with one attached hydrogen (secondary N) is 1. The van der Waals surface area contributed by atoms with E-state index in [4.69, 9.17) is 19.3 Å². The number of hydrogen-bond acceptors (Lipinski definition) is 13. The summed E-state index contributed by atoms with van der Waals surface area (Å²) in [6, 6.07) is 0. The topological polar surface area (TPSA) is 161 Å². The van der Waals surface area contributed by atoms with Crippen LogP contribution < -0.4 is 5.32 Å². The highest BCUT2D eigenvalue weighted by atomic mass is 16.5. The van der Waals surface area contributed by atoms with Crippen LogP contribution in [0.25, 0.3) is 0 Å². The van der Waals surface area contributed by atoms with E-state index in [9.17, 15) is 24.6 Å². The van der Waals surface area contributed by atoms with E-state index in [0.717, 1.165) is 90.6 Å². The maximum absolute atomic E-state index is 12.5. The zero-order valence-corrected chi connectivity index (χ0v) is 50.7. The monoisotopic (exact) mass is 1080 g/mol. The molecule has 0 spiro atoms. The van der Waals surface area contributed by atoms with Crippen LogP contribution in [0, 0.1) is 0 Å². The fourth-order valence-corrected chi connectivity index (χ4v) is 9.58. The first kappa shape index (κ1) is 76.2. The minimum Gasteiger partial charge on any atom is -0.466 e. The number of nitrogens with zero attached hydrogens (tertiary/aromatic N) is 3. The number of carbonyl (C=O) groups is 3. The predicted molar refractivity (Wildman–Crippen MR) is 319 cm³/mol. The molecule has 0 rings (SSSR count). The van der Waals surface area contributed by atoms with Crippen molar-refractivity contribution in [1.82, 2.24) is 20.0 Å². The van der Waals surface area contributed by atoms with Crippen molar-refractivity contribution in [2.45, 2.75) is 278 Å². The quantitative estimate of drug-likeness (QED) is 0.0259. The lowest BCUT2D eigenvalue weighted by molar-refractivity contribution is -0.145. The van der Waals surface area contributed by atoms with Crippen LogP contribution in [-0.2, 0) is 28.6 Å². The molecule has 0 atom stereocenters. The molecule has 0 aromatic rings. The summed E-state index contributed by atoms with van der Waals surface area (Å²) >= 11 is 0. The first-order valence-corrected chi connectivity index (χ1v) is 32.5. The average molecular weight is 1090 g/mol. The maximum Gasteiger partial charge on any atom is 0.307 e. The highest BCUT2D eigenvalue weighted by molar-refractivity contribution is 5.70. The normalized spacial score (nSPS) is 11.4. The van der Waals surface area contributed by atoms with Gasteiger partial charge in [-0.15, -0.1) is 0 Å². The van der Waals surface area contributed by atoms with Crippen molar-refractivity contribution in [1.29, 1.82) is 0 Å². The van der Waals surface area contributed by atoms with Gasteiger partial charge in [-0.3, -0.25) is 19.3 Å². The summed E-state index contributed by atoms with van der Waals surface area (Å²) < 4.78 is 16.3. The summed E-state index contributed by atoms with van der Waals surface area (Å²) in [7, 11) is 0. The molecule has 0 aliphatic carbocycles. The summed E-state index contributed by atoms with van der Waals surface area (Å²) in [4.78, 5) is 43.1. The van der Waals surface area contributed by atoms with Gasteiger partial charge in [-0.25, -0.2) is 0 Å². The van der Waals surface area contributed by atoms with Gasteiger partial charge in [0.25, 0.3) is 0 Å². The van der Waals surface area contributed by atoms with Crippen molar-refractivity contribution in [2.24, 2.45) is 0 Å². The van der Waals surface area contributed by atoms with Gasteiger partial charge in [0.05, 0.1) is 58.9 Å². The van der Waals surface area contributed by atoms with Gasteiger partial charge in [-0.1, -0.05) is 220 Å². The van der Waals surface area contributed by atoms with E-state index in [2.05, 4.69) is 42.8 Å². The van der Waals surface area contributed by atoms with Gasteiger partial charge < -0.3 is 44.6 Å². The van der Waals surface area contributed by atoms with Crippen LogP contribution in [0.15, 0.2) is 0 Å². The molecule has 0 heterocycles. The second kappa shape index (κ2) is 65.6. The summed E-state index contributed by atoms with van der Waals surface area (Å²) in [5, 5.41) is 31.0. The third kappa shape index (κ3) is 61.3. The number of unbranched alkanes of at least 4 members (excludes halogenated alkanes) is 30. The van der Waals surface area contributed by atoms with Crippen LogP contribution in [0.5, 0.6) is 0 Å². The highest BCUT2D eigenvalue weighted by Gasteiger charge is 2.14. The van der Waals surface area contributed by atoms with E-state index < -0.39 is 0 Å². The second-order valence-electron chi connectivity index (χ2n) is 21.7. The van der Waals surface area contributed by atoms with E-state index in [1.807, 2.05) is 4.90 Å². The molecule has 0 bridgehead atoms. The van der Waals surface area contributed by atoms with Crippen molar-refractivity contribution in [3.05, 3.63) is 0 Å². The van der Waals surface area contributed by atoms with E-state index in [0.29, 0.717) is 71.8 Å². The molecule has 13 heteroatoms. The third-order valence-corrected chi connectivity index (χ3v) is 14.4. The summed E-state index contributed by atoms with van der Waals surface area (Å²) in [6.07, 6.45) is 46.3. The zero-order valence-electron chi connectivity index (χ0n) is 50.7. The van der Waals surface area contributed by atoms with Crippen molar-refractivity contribution in [3.8, 4) is 0 Å². The number of hydrogen-bond donors (Lipinski definition) is 4. The standard InChI is InChI=1S/C39H78N2O6.C24H50N2O3/c1-3-5-7-9-11-13-15-17-19-21-23-36-46-38(44)26-30-40(28-25-29-41(32-34-42)33-35-43)31-27-39(45)47-37-24-22-20-18-16-14-12-10-8-6-4-2;1-3-5-6-7-8-9-10-11-12-13-14-23-29-24(28)16-18-25-17-15-20-26(19-4-2)21-22-27/h42-43H,3-37H2,1-2H3;25,27H,3-23H2,1-2H3. The maximum atomic E-state index is 12.5. The Balaban J connectivity index is 0. The zero-order chi connectivity index (χ0) is 55.9. The number of carbonyl (C=O) groups excluding carboxylic acids is 3. The molecular formula is C63H128N4O9. The molecule has 0 saturated carbocycles. The molecule has 13 nitrogen and oxygen atoms in total. The van der Waals surface area contributed by atoms with E-state index in [-0.39, 0.29) is 37.7 Å². The molecule has 0 aliphatic heterocycles. The van der Waals surface area contributed by atoms with Crippen LogP contribution >= 0.6 is 0 Å². The van der Waals surface area contributed by atoms with E-state index in [1.54, 1.807) is 0 Å². The van der Waals surface area contributed by atoms with Gasteiger partial charge in [-0.05, 0) is 71.2 Å². The molecule has 0 radical (unpaired) electrons. The van der Waals surface area contributed by atoms with Crippen LogP contribution in [0.4, 0.5) is 0 Å². The van der Waals surface area contributed by atoms with Crippen LogP contribution in [-0.4, -0.2) is 160 Å². The lowest BCUT2D eigenvalue weighted by atomic mass is 10.1. The third-order valence-electron chi connectivity index (χ3n) is 14.4. The second-order valence-corrected chi connectivity index (χ2v) is 21.7. The first-order valence-electron chi connectivity index (χ1n) is 32.5. The molecule has 4 N–H and O–H groups in total. The smallest absolute Gasteiger partial charge is 0.307 e. The molecular weight excluding hydrogens is 957 g/mol. The molecule has 0 saturated heterocycles. The Labute approximate surface area is 469 Å². The Morgan fingerprint density at radius 1 is 0.289 bits per heavy atom. The molecule has 0 unspecified atom stereocenters. The lowest BCUT2D eigenvalue weighted by Crippen LogP contribution is -2.35. The summed E-state index contributed by atoms with van der Waals surface area (Å²) in [5.74, 6) is -0.441. The Kier molecular flexibility index (Phi) is 65.8. The Bertz CT molecular complexity index is 1110. The molecule has 454 valence electrons.